The predicted molar refractivity (Wildman–Crippen MR) is 86.1 cm³/mol. The second-order valence-electron chi connectivity index (χ2n) is 4.89. The molecule has 132 valence electrons. The summed E-state index contributed by atoms with van der Waals surface area (Å²) in [4.78, 5) is 11.9. The molecule has 0 atom stereocenters. The maximum absolute atomic E-state index is 12.7. The molecular weight excluding hydrogens is 337 g/mol. The molecule has 0 aliphatic heterocycles. The Kier molecular flexibility index (Phi) is 5.63. The number of carbonyl (C=O) groups is 1. The molecule has 2 rings (SSSR count). The van der Waals surface area contributed by atoms with Crippen LogP contribution in [0.15, 0.2) is 47.6 Å². The lowest BCUT2D eigenvalue weighted by Crippen LogP contribution is -2.18. The number of hydrogen-bond acceptors (Lipinski definition) is 4. The van der Waals surface area contributed by atoms with Gasteiger partial charge < -0.3 is 9.47 Å². The molecule has 0 bridgehead atoms. The van der Waals surface area contributed by atoms with Crippen molar-refractivity contribution in [2.24, 2.45) is 5.10 Å². The van der Waals surface area contributed by atoms with Crippen LogP contribution in [-0.4, -0.2) is 26.3 Å². The van der Waals surface area contributed by atoms with E-state index in [2.05, 4.69) is 10.5 Å². The van der Waals surface area contributed by atoms with Crippen molar-refractivity contribution in [2.75, 3.05) is 14.2 Å². The minimum absolute atomic E-state index is 0.149. The van der Waals surface area contributed by atoms with E-state index < -0.39 is 17.6 Å². The Hall–Kier alpha value is -3.03. The van der Waals surface area contributed by atoms with Crippen molar-refractivity contribution >= 4 is 12.1 Å². The van der Waals surface area contributed by atoms with E-state index >= 15 is 0 Å². The molecule has 25 heavy (non-hydrogen) atoms. The number of ether oxygens (including phenoxy) is 2. The van der Waals surface area contributed by atoms with Gasteiger partial charge in [-0.15, -0.1) is 0 Å². The summed E-state index contributed by atoms with van der Waals surface area (Å²) in [6.45, 7) is 0. The first-order valence-corrected chi connectivity index (χ1v) is 7.08. The molecule has 8 heteroatoms. The van der Waals surface area contributed by atoms with E-state index in [1.165, 1.54) is 26.5 Å². The van der Waals surface area contributed by atoms with Gasteiger partial charge in [0, 0.05) is 11.1 Å². The Morgan fingerprint density at radius 1 is 1.12 bits per heavy atom. The first-order valence-electron chi connectivity index (χ1n) is 7.08. The van der Waals surface area contributed by atoms with Crippen LogP contribution in [0.4, 0.5) is 13.2 Å². The van der Waals surface area contributed by atoms with Crippen LogP contribution in [0.2, 0.25) is 0 Å². The Morgan fingerprint density at radius 2 is 1.88 bits per heavy atom. The van der Waals surface area contributed by atoms with Gasteiger partial charge in [-0.05, 0) is 36.4 Å². The van der Waals surface area contributed by atoms with Crippen molar-refractivity contribution in [3.05, 3.63) is 59.2 Å². The third kappa shape index (κ3) is 4.72. The molecule has 1 amide bonds. The molecule has 0 aromatic heterocycles. The third-order valence-corrected chi connectivity index (χ3v) is 3.26. The average Bonchev–Trinajstić information content (AvgIpc) is 2.60. The number of nitrogens with zero attached hydrogens (tertiary/aromatic N) is 1. The number of methoxy groups -OCH3 is 2. The number of amides is 1. The van der Waals surface area contributed by atoms with Crippen LogP contribution in [0.1, 0.15) is 21.5 Å². The van der Waals surface area contributed by atoms with Gasteiger partial charge in [-0.25, -0.2) is 5.43 Å². The van der Waals surface area contributed by atoms with Crippen LogP contribution in [-0.2, 0) is 6.18 Å². The van der Waals surface area contributed by atoms with Gasteiger partial charge >= 0.3 is 6.18 Å². The molecule has 2 aromatic rings. The normalized spacial score (nSPS) is 11.4. The highest BCUT2D eigenvalue weighted by Crippen LogP contribution is 2.29. The summed E-state index contributed by atoms with van der Waals surface area (Å²) in [5, 5.41) is 3.75. The van der Waals surface area contributed by atoms with Gasteiger partial charge in [0.2, 0.25) is 0 Å². The minimum Gasteiger partial charge on any atom is -0.497 e. The molecule has 0 aliphatic rings. The van der Waals surface area contributed by atoms with Crippen LogP contribution >= 0.6 is 0 Å². The SMILES string of the molecule is COc1ccc(OC)c(/C=N\NC(=O)c2cccc(C(F)(F)F)c2)c1. The molecule has 1 N–H and O–H groups in total. The second kappa shape index (κ2) is 7.69. The Bertz CT molecular complexity index is 789. The zero-order valence-corrected chi connectivity index (χ0v) is 13.4. The standard InChI is InChI=1S/C17H15F3N2O3/c1-24-14-6-7-15(25-2)12(9-14)10-21-22-16(23)11-4-3-5-13(8-11)17(18,19)20/h3-10H,1-2H3,(H,22,23)/b21-10-. The van der Waals surface area contributed by atoms with Crippen molar-refractivity contribution in [3.63, 3.8) is 0 Å². The van der Waals surface area contributed by atoms with Crippen molar-refractivity contribution in [1.29, 1.82) is 0 Å². The number of rotatable bonds is 5. The molecule has 0 unspecified atom stereocenters. The van der Waals surface area contributed by atoms with E-state index in [4.69, 9.17) is 9.47 Å². The number of carbonyl (C=O) groups excluding carboxylic acids is 1. The first-order chi connectivity index (χ1) is 11.8. The molecular formula is C17H15F3N2O3. The summed E-state index contributed by atoms with van der Waals surface area (Å²) in [6.07, 6.45) is -3.21. The van der Waals surface area contributed by atoms with E-state index in [0.29, 0.717) is 17.1 Å². The van der Waals surface area contributed by atoms with Crippen LogP contribution < -0.4 is 14.9 Å². The summed E-state index contributed by atoms with van der Waals surface area (Å²) in [5.41, 5.74) is 1.66. The van der Waals surface area contributed by atoms with E-state index in [-0.39, 0.29) is 5.56 Å². The molecule has 0 radical (unpaired) electrons. The lowest BCUT2D eigenvalue weighted by molar-refractivity contribution is -0.137. The molecule has 0 spiro atoms. The predicted octanol–water partition coefficient (Wildman–Crippen LogP) is 3.49. The highest BCUT2D eigenvalue weighted by Gasteiger charge is 2.30. The van der Waals surface area contributed by atoms with Crippen LogP contribution in [0.25, 0.3) is 0 Å². The van der Waals surface area contributed by atoms with Gasteiger partial charge in [-0.1, -0.05) is 6.07 Å². The topological polar surface area (TPSA) is 59.9 Å². The van der Waals surface area contributed by atoms with Gasteiger partial charge in [0.05, 0.1) is 26.0 Å². The van der Waals surface area contributed by atoms with E-state index in [0.717, 1.165) is 18.2 Å². The third-order valence-electron chi connectivity index (χ3n) is 3.26. The minimum atomic E-state index is -4.52. The largest absolute Gasteiger partial charge is 0.497 e. The maximum atomic E-state index is 12.7. The number of alkyl halides is 3. The van der Waals surface area contributed by atoms with Gasteiger partial charge in [0.25, 0.3) is 5.91 Å². The number of hydrogen-bond donors (Lipinski definition) is 1. The van der Waals surface area contributed by atoms with Crippen molar-refractivity contribution in [3.8, 4) is 11.5 Å². The van der Waals surface area contributed by atoms with E-state index in [9.17, 15) is 18.0 Å². The Labute approximate surface area is 142 Å². The summed E-state index contributed by atoms with van der Waals surface area (Å²) < 4.78 is 48.3. The zero-order valence-electron chi connectivity index (χ0n) is 13.4. The van der Waals surface area contributed by atoms with Gasteiger partial charge in [0.1, 0.15) is 11.5 Å². The van der Waals surface area contributed by atoms with Crippen LogP contribution in [0.5, 0.6) is 11.5 Å². The molecule has 0 fully saturated rings. The first kappa shape index (κ1) is 18.3. The van der Waals surface area contributed by atoms with E-state index in [1.807, 2.05) is 0 Å². The molecule has 2 aromatic carbocycles. The zero-order chi connectivity index (χ0) is 18.4. The van der Waals surface area contributed by atoms with Gasteiger partial charge in [0.15, 0.2) is 0 Å². The highest BCUT2D eigenvalue weighted by atomic mass is 19.4. The summed E-state index contributed by atoms with van der Waals surface area (Å²) in [5.74, 6) is 0.300. The average molecular weight is 352 g/mol. The summed E-state index contributed by atoms with van der Waals surface area (Å²) >= 11 is 0. The molecule has 0 aliphatic carbocycles. The summed E-state index contributed by atoms with van der Waals surface area (Å²) in [7, 11) is 2.97. The number of benzene rings is 2. The number of hydrazone groups is 1. The number of halogens is 3. The maximum Gasteiger partial charge on any atom is 0.416 e. The second-order valence-corrected chi connectivity index (χ2v) is 4.89. The van der Waals surface area contributed by atoms with Crippen molar-refractivity contribution in [2.45, 2.75) is 6.18 Å². The fraction of sp³-hybridized carbons (Fsp3) is 0.176. The molecule has 0 heterocycles. The van der Waals surface area contributed by atoms with Crippen molar-refractivity contribution in [1.82, 2.24) is 5.43 Å². The van der Waals surface area contributed by atoms with Crippen molar-refractivity contribution < 1.29 is 27.4 Å². The highest BCUT2D eigenvalue weighted by molar-refractivity contribution is 5.95. The van der Waals surface area contributed by atoms with Crippen LogP contribution in [0.3, 0.4) is 0 Å². The Morgan fingerprint density at radius 3 is 2.52 bits per heavy atom. The Balaban J connectivity index is 2.13. The number of nitrogens with one attached hydrogen (secondary N) is 1. The monoisotopic (exact) mass is 352 g/mol. The van der Waals surface area contributed by atoms with Crippen LogP contribution in [0, 0.1) is 0 Å². The molecule has 5 nitrogen and oxygen atoms in total. The lowest BCUT2D eigenvalue weighted by atomic mass is 10.1. The molecule has 0 saturated carbocycles. The quantitative estimate of drug-likeness (QED) is 0.662. The lowest BCUT2D eigenvalue weighted by Gasteiger charge is -2.08. The van der Waals surface area contributed by atoms with Gasteiger partial charge in [-0.3, -0.25) is 4.79 Å². The smallest absolute Gasteiger partial charge is 0.416 e. The fourth-order valence-electron chi connectivity index (χ4n) is 2.00. The van der Waals surface area contributed by atoms with Gasteiger partial charge in [-0.2, -0.15) is 18.3 Å². The fourth-order valence-corrected chi connectivity index (χ4v) is 2.00. The summed E-state index contributed by atoms with van der Waals surface area (Å²) in [6, 6.07) is 9.07. The van der Waals surface area contributed by atoms with E-state index in [1.54, 1.807) is 18.2 Å². The molecule has 0 saturated heterocycles.